The van der Waals surface area contributed by atoms with E-state index in [1.54, 1.807) is 0 Å². The van der Waals surface area contributed by atoms with Crippen LogP contribution in [0.15, 0.2) is 48.5 Å². The molecular weight excluding hydrogens is 298 g/mol. The quantitative estimate of drug-likeness (QED) is 0.754. The summed E-state index contributed by atoms with van der Waals surface area (Å²) < 4.78 is 2.15. The van der Waals surface area contributed by atoms with E-state index in [2.05, 4.69) is 59.0 Å². The Bertz CT molecular complexity index is 834. The summed E-state index contributed by atoms with van der Waals surface area (Å²) >= 11 is 0. The van der Waals surface area contributed by atoms with Gasteiger partial charge in [0.15, 0.2) is 0 Å². The summed E-state index contributed by atoms with van der Waals surface area (Å²) in [7, 11) is 0. The molecule has 24 heavy (non-hydrogen) atoms. The first-order valence-corrected chi connectivity index (χ1v) is 8.43. The SMILES string of the molecule is CCn1c(CNC(=O)CCc2ccc(C)cc2)nc2ccccc21. The predicted octanol–water partition coefficient (Wildman–Crippen LogP) is 3.61. The van der Waals surface area contributed by atoms with Crippen molar-refractivity contribution in [3.63, 3.8) is 0 Å². The van der Waals surface area contributed by atoms with Gasteiger partial charge in [-0.05, 0) is 38.0 Å². The molecule has 0 unspecified atom stereocenters. The molecule has 1 amide bonds. The lowest BCUT2D eigenvalue weighted by atomic mass is 10.1. The van der Waals surface area contributed by atoms with Crippen molar-refractivity contribution in [1.29, 1.82) is 0 Å². The fraction of sp³-hybridized carbons (Fsp3) is 0.300. The molecule has 1 aromatic heterocycles. The lowest BCUT2D eigenvalue weighted by Crippen LogP contribution is -2.24. The standard InChI is InChI=1S/C20H23N3O/c1-3-23-18-7-5-4-6-17(18)22-19(23)14-21-20(24)13-12-16-10-8-15(2)9-11-16/h4-11H,3,12-14H2,1-2H3,(H,21,24). The zero-order chi connectivity index (χ0) is 16.9. The largest absolute Gasteiger partial charge is 0.349 e. The molecule has 0 fully saturated rings. The smallest absolute Gasteiger partial charge is 0.220 e. The van der Waals surface area contributed by atoms with Crippen molar-refractivity contribution in [3.8, 4) is 0 Å². The number of imidazole rings is 1. The van der Waals surface area contributed by atoms with Crippen molar-refractivity contribution in [3.05, 3.63) is 65.5 Å². The van der Waals surface area contributed by atoms with Gasteiger partial charge in [-0.15, -0.1) is 0 Å². The summed E-state index contributed by atoms with van der Waals surface area (Å²) in [6, 6.07) is 16.4. The zero-order valence-electron chi connectivity index (χ0n) is 14.2. The van der Waals surface area contributed by atoms with Crippen molar-refractivity contribution in [2.45, 2.75) is 39.8 Å². The minimum atomic E-state index is 0.0604. The molecule has 3 aromatic rings. The lowest BCUT2D eigenvalue weighted by Gasteiger charge is -2.08. The number of para-hydroxylation sites is 2. The molecule has 0 aliphatic carbocycles. The molecule has 4 heteroatoms. The minimum Gasteiger partial charge on any atom is -0.349 e. The summed E-state index contributed by atoms with van der Waals surface area (Å²) in [5.41, 5.74) is 4.52. The number of nitrogens with zero attached hydrogens (tertiary/aromatic N) is 2. The number of nitrogens with one attached hydrogen (secondary N) is 1. The Morgan fingerprint density at radius 2 is 1.88 bits per heavy atom. The normalized spacial score (nSPS) is 10.9. The highest BCUT2D eigenvalue weighted by molar-refractivity contribution is 5.77. The second-order valence-electron chi connectivity index (χ2n) is 6.02. The molecule has 1 N–H and O–H groups in total. The van der Waals surface area contributed by atoms with Crippen molar-refractivity contribution in [1.82, 2.24) is 14.9 Å². The highest BCUT2D eigenvalue weighted by Gasteiger charge is 2.10. The van der Waals surface area contributed by atoms with E-state index in [0.29, 0.717) is 13.0 Å². The molecule has 124 valence electrons. The number of carbonyl (C=O) groups is 1. The number of hydrogen-bond acceptors (Lipinski definition) is 2. The molecule has 0 atom stereocenters. The van der Waals surface area contributed by atoms with Crippen LogP contribution in [0.3, 0.4) is 0 Å². The van der Waals surface area contributed by atoms with Gasteiger partial charge in [-0.25, -0.2) is 4.98 Å². The van der Waals surface area contributed by atoms with Gasteiger partial charge in [0.05, 0.1) is 17.6 Å². The molecule has 0 spiro atoms. The third-order valence-electron chi connectivity index (χ3n) is 4.25. The molecule has 3 rings (SSSR count). The molecule has 2 aromatic carbocycles. The van der Waals surface area contributed by atoms with Crippen LogP contribution in [0.4, 0.5) is 0 Å². The van der Waals surface area contributed by atoms with E-state index in [1.165, 1.54) is 11.1 Å². The Balaban J connectivity index is 1.59. The number of aromatic nitrogens is 2. The first-order chi connectivity index (χ1) is 11.7. The van der Waals surface area contributed by atoms with Crippen LogP contribution in [-0.4, -0.2) is 15.5 Å². The molecule has 0 aliphatic rings. The van der Waals surface area contributed by atoms with Gasteiger partial charge in [0.25, 0.3) is 0 Å². The number of rotatable bonds is 6. The summed E-state index contributed by atoms with van der Waals surface area (Å²) in [6.07, 6.45) is 1.26. The van der Waals surface area contributed by atoms with Gasteiger partial charge in [-0.2, -0.15) is 0 Å². The Labute approximate surface area is 142 Å². The minimum absolute atomic E-state index is 0.0604. The molecule has 1 heterocycles. The summed E-state index contributed by atoms with van der Waals surface area (Å²) in [5.74, 6) is 0.965. The van der Waals surface area contributed by atoms with E-state index < -0.39 is 0 Å². The summed E-state index contributed by atoms with van der Waals surface area (Å²) in [5, 5.41) is 2.99. The zero-order valence-corrected chi connectivity index (χ0v) is 14.2. The first kappa shape index (κ1) is 16.2. The highest BCUT2D eigenvalue weighted by atomic mass is 16.1. The lowest BCUT2D eigenvalue weighted by molar-refractivity contribution is -0.121. The monoisotopic (exact) mass is 321 g/mol. The molecular formula is C20H23N3O. The molecule has 0 saturated heterocycles. The van der Waals surface area contributed by atoms with E-state index in [-0.39, 0.29) is 5.91 Å². The maximum Gasteiger partial charge on any atom is 0.220 e. The molecule has 4 nitrogen and oxygen atoms in total. The Kier molecular flexibility index (Phi) is 4.94. The molecule has 0 saturated carbocycles. The van der Waals surface area contributed by atoms with Gasteiger partial charge >= 0.3 is 0 Å². The number of benzene rings is 2. The first-order valence-electron chi connectivity index (χ1n) is 8.43. The second kappa shape index (κ2) is 7.30. The summed E-state index contributed by atoms with van der Waals surface area (Å²) in [6.45, 7) is 5.47. The fourth-order valence-electron chi connectivity index (χ4n) is 2.89. The number of amides is 1. The number of carbonyl (C=O) groups excluding carboxylic acids is 1. The van der Waals surface area contributed by atoms with Gasteiger partial charge in [0.1, 0.15) is 5.82 Å². The van der Waals surface area contributed by atoms with Crippen LogP contribution < -0.4 is 5.32 Å². The van der Waals surface area contributed by atoms with Gasteiger partial charge < -0.3 is 9.88 Å². The van der Waals surface area contributed by atoms with Gasteiger partial charge in [0.2, 0.25) is 5.91 Å². The molecule has 0 radical (unpaired) electrons. The third kappa shape index (κ3) is 3.65. The van der Waals surface area contributed by atoms with E-state index in [4.69, 9.17) is 0 Å². The van der Waals surface area contributed by atoms with Crippen LogP contribution in [0.5, 0.6) is 0 Å². The molecule has 0 bridgehead atoms. The van der Waals surface area contributed by atoms with Crippen molar-refractivity contribution in [2.75, 3.05) is 0 Å². The fourth-order valence-corrected chi connectivity index (χ4v) is 2.89. The number of hydrogen-bond donors (Lipinski definition) is 1. The number of aryl methyl sites for hydroxylation is 3. The van der Waals surface area contributed by atoms with Crippen LogP contribution in [0, 0.1) is 6.92 Å². The van der Waals surface area contributed by atoms with Crippen LogP contribution >= 0.6 is 0 Å². The van der Waals surface area contributed by atoms with Crippen LogP contribution in [0.1, 0.15) is 30.3 Å². The molecule has 0 aliphatic heterocycles. The van der Waals surface area contributed by atoms with Crippen molar-refractivity contribution in [2.24, 2.45) is 0 Å². The van der Waals surface area contributed by atoms with E-state index in [1.807, 2.05) is 18.2 Å². The topological polar surface area (TPSA) is 46.9 Å². The maximum atomic E-state index is 12.1. The van der Waals surface area contributed by atoms with Crippen LogP contribution in [0.2, 0.25) is 0 Å². The number of fused-ring (bicyclic) bond motifs is 1. The average Bonchev–Trinajstić information content (AvgIpc) is 2.97. The highest BCUT2D eigenvalue weighted by Crippen LogP contribution is 2.15. The van der Waals surface area contributed by atoms with E-state index >= 15 is 0 Å². The van der Waals surface area contributed by atoms with Crippen LogP contribution in [0.25, 0.3) is 11.0 Å². The summed E-state index contributed by atoms with van der Waals surface area (Å²) in [4.78, 5) is 16.8. The average molecular weight is 321 g/mol. The Morgan fingerprint density at radius 3 is 2.62 bits per heavy atom. The second-order valence-corrected chi connectivity index (χ2v) is 6.02. The van der Waals surface area contributed by atoms with Gasteiger partial charge in [0, 0.05) is 13.0 Å². The maximum absolute atomic E-state index is 12.1. The van der Waals surface area contributed by atoms with Crippen LogP contribution in [-0.2, 0) is 24.3 Å². The van der Waals surface area contributed by atoms with Gasteiger partial charge in [-0.3, -0.25) is 4.79 Å². The van der Waals surface area contributed by atoms with E-state index in [0.717, 1.165) is 29.8 Å². The van der Waals surface area contributed by atoms with Crippen molar-refractivity contribution < 1.29 is 4.79 Å². The third-order valence-corrected chi connectivity index (χ3v) is 4.25. The Hall–Kier alpha value is -2.62. The Morgan fingerprint density at radius 1 is 1.12 bits per heavy atom. The predicted molar refractivity (Wildman–Crippen MR) is 96.8 cm³/mol. The van der Waals surface area contributed by atoms with Crippen molar-refractivity contribution >= 4 is 16.9 Å². The van der Waals surface area contributed by atoms with Gasteiger partial charge in [-0.1, -0.05) is 42.0 Å². The van der Waals surface area contributed by atoms with E-state index in [9.17, 15) is 4.79 Å².